The first kappa shape index (κ1) is 13.5. The Bertz CT molecular complexity index is 890. The lowest BCUT2D eigenvalue weighted by Gasteiger charge is -2.11. The molecule has 0 amide bonds. The molecule has 0 bridgehead atoms. The molecule has 5 nitrogen and oxygen atoms in total. The molecular formula is C15H12ClN3O2. The number of hydrogen-bond acceptors (Lipinski definition) is 4. The maximum absolute atomic E-state index is 11.7. The molecule has 2 aromatic carbocycles. The van der Waals surface area contributed by atoms with Crippen molar-refractivity contribution in [2.24, 2.45) is 0 Å². The number of halogens is 1. The summed E-state index contributed by atoms with van der Waals surface area (Å²) in [5, 5.41) is 0.908. The molecule has 3 rings (SSSR count). The molecule has 0 fully saturated rings. The molecule has 0 aliphatic heterocycles. The Hall–Kier alpha value is -2.53. The fourth-order valence-electron chi connectivity index (χ4n) is 2.01. The van der Waals surface area contributed by atoms with Crippen molar-refractivity contribution in [1.82, 2.24) is 9.97 Å². The topological polar surface area (TPSA) is 81.0 Å². The molecule has 0 atom stereocenters. The molecule has 0 aliphatic rings. The van der Waals surface area contributed by atoms with Crippen molar-refractivity contribution >= 4 is 28.2 Å². The number of aromatic nitrogens is 2. The number of fused-ring (bicyclic) bond motifs is 1. The predicted octanol–water partition coefficient (Wildman–Crippen LogP) is 3.26. The van der Waals surface area contributed by atoms with E-state index in [1.807, 2.05) is 13.0 Å². The molecule has 1 aromatic heterocycles. The van der Waals surface area contributed by atoms with Crippen LogP contribution in [0.5, 0.6) is 11.5 Å². The van der Waals surface area contributed by atoms with Gasteiger partial charge in [0.1, 0.15) is 5.75 Å². The third-order valence-electron chi connectivity index (χ3n) is 3.08. The SMILES string of the molecule is Cc1ccc(Oc2cc3nc[nH]c(=O)c3cc2N)c(Cl)c1. The molecule has 0 spiro atoms. The summed E-state index contributed by atoms with van der Waals surface area (Å²) < 4.78 is 5.73. The first-order valence-corrected chi connectivity index (χ1v) is 6.63. The van der Waals surface area contributed by atoms with E-state index in [2.05, 4.69) is 9.97 Å². The molecule has 0 radical (unpaired) electrons. The highest BCUT2D eigenvalue weighted by Crippen LogP contribution is 2.34. The van der Waals surface area contributed by atoms with Gasteiger partial charge in [0.05, 0.1) is 27.9 Å². The van der Waals surface area contributed by atoms with E-state index in [1.54, 1.807) is 24.3 Å². The molecule has 6 heteroatoms. The van der Waals surface area contributed by atoms with Gasteiger partial charge in [0.25, 0.3) is 5.56 Å². The highest BCUT2D eigenvalue weighted by molar-refractivity contribution is 6.32. The number of ether oxygens (including phenoxy) is 1. The molecule has 106 valence electrons. The van der Waals surface area contributed by atoms with Gasteiger partial charge in [-0.15, -0.1) is 0 Å². The van der Waals surface area contributed by atoms with E-state index in [4.69, 9.17) is 22.1 Å². The van der Waals surface area contributed by atoms with Crippen molar-refractivity contribution in [3.63, 3.8) is 0 Å². The third-order valence-corrected chi connectivity index (χ3v) is 3.37. The van der Waals surface area contributed by atoms with Crippen LogP contribution in [0.1, 0.15) is 5.56 Å². The Morgan fingerprint density at radius 3 is 2.81 bits per heavy atom. The zero-order valence-corrected chi connectivity index (χ0v) is 11.9. The minimum atomic E-state index is -0.244. The number of rotatable bonds is 2. The first-order chi connectivity index (χ1) is 10.0. The molecule has 3 aromatic rings. The van der Waals surface area contributed by atoms with Crippen LogP contribution in [0, 0.1) is 6.92 Å². The average molecular weight is 302 g/mol. The van der Waals surface area contributed by atoms with Crippen LogP contribution in [0.2, 0.25) is 5.02 Å². The number of H-pyrrole nitrogens is 1. The number of aryl methyl sites for hydroxylation is 1. The van der Waals surface area contributed by atoms with Crippen LogP contribution in [0.3, 0.4) is 0 Å². The number of hydrogen-bond donors (Lipinski definition) is 2. The Morgan fingerprint density at radius 2 is 2.05 bits per heavy atom. The molecule has 0 saturated carbocycles. The second kappa shape index (κ2) is 5.10. The van der Waals surface area contributed by atoms with E-state index < -0.39 is 0 Å². The Balaban J connectivity index is 2.08. The summed E-state index contributed by atoms with van der Waals surface area (Å²) in [5.74, 6) is 0.907. The maximum Gasteiger partial charge on any atom is 0.258 e. The maximum atomic E-state index is 11.7. The molecule has 1 heterocycles. The molecular weight excluding hydrogens is 290 g/mol. The fourth-order valence-corrected chi connectivity index (χ4v) is 2.28. The number of anilines is 1. The van der Waals surface area contributed by atoms with E-state index in [0.29, 0.717) is 33.1 Å². The lowest BCUT2D eigenvalue weighted by atomic mass is 10.2. The number of nitrogens with two attached hydrogens (primary N) is 1. The summed E-state index contributed by atoms with van der Waals surface area (Å²) in [7, 11) is 0. The molecule has 0 unspecified atom stereocenters. The second-order valence-corrected chi connectivity index (χ2v) is 5.08. The van der Waals surface area contributed by atoms with Crippen LogP contribution < -0.4 is 16.0 Å². The third kappa shape index (κ3) is 2.55. The predicted molar refractivity (Wildman–Crippen MR) is 83.0 cm³/mol. The largest absolute Gasteiger partial charge is 0.454 e. The smallest absolute Gasteiger partial charge is 0.258 e. The highest BCUT2D eigenvalue weighted by Gasteiger charge is 2.10. The standard InChI is InChI=1S/C15H12ClN3O2/c1-8-2-3-13(10(16)4-8)21-14-6-12-9(5-11(14)17)15(20)19-7-18-12/h2-7H,17H2,1H3,(H,18,19,20). The van der Waals surface area contributed by atoms with E-state index in [9.17, 15) is 4.79 Å². The zero-order valence-electron chi connectivity index (χ0n) is 11.2. The van der Waals surface area contributed by atoms with Crippen molar-refractivity contribution in [1.29, 1.82) is 0 Å². The van der Waals surface area contributed by atoms with Crippen molar-refractivity contribution in [3.05, 3.63) is 57.6 Å². The summed E-state index contributed by atoms with van der Waals surface area (Å²) in [4.78, 5) is 18.3. The summed E-state index contributed by atoms with van der Waals surface area (Å²) in [6.45, 7) is 1.94. The minimum absolute atomic E-state index is 0.244. The van der Waals surface area contributed by atoms with Crippen LogP contribution in [-0.2, 0) is 0 Å². The zero-order chi connectivity index (χ0) is 15.0. The van der Waals surface area contributed by atoms with Crippen molar-refractivity contribution in [3.8, 4) is 11.5 Å². The van der Waals surface area contributed by atoms with Gasteiger partial charge in [0.15, 0.2) is 5.75 Å². The Morgan fingerprint density at radius 1 is 1.24 bits per heavy atom. The Kier molecular flexibility index (Phi) is 3.27. The van der Waals surface area contributed by atoms with E-state index in [0.717, 1.165) is 5.56 Å². The van der Waals surface area contributed by atoms with Gasteiger partial charge in [0.2, 0.25) is 0 Å². The lowest BCUT2D eigenvalue weighted by molar-refractivity contribution is 0.486. The quantitative estimate of drug-likeness (QED) is 0.712. The summed E-state index contributed by atoms with van der Waals surface area (Å²) in [6, 6.07) is 8.62. The van der Waals surface area contributed by atoms with Gasteiger partial charge in [-0.05, 0) is 30.7 Å². The lowest BCUT2D eigenvalue weighted by Crippen LogP contribution is -2.07. The number of aromatic amines is 1. The number of benzene rings is 2. The van der Waals surface area contributed by atoms with Gasteiger partial charge in [-0.1, -0.05) is 17.7 Å². The summed E-state index contributed by atoms with van der Waals surface area (Å²) in [6.07, 6.45) is 1.34. The van der Waals surface area contributed by atoms with Gasteiger partial charge in [-0.2, -0.15) is 0 Å². The highest BCUT2D eigenvalue weighted by atomic mass is 35.5. The monoisotopic (exact) mass is 301 g/mol. The normalized spacial score (nSPS) is 10.8. The molecule has 0 aliphatic carbocycles. The summed E-state index contributed by atoms with van der Waals surface area (Å²) in [5.41, 5.74) is 7.58. The van der Waals surface area contributed by atoms with E-state index >= 15 is 0 Å². The van der Waals surface area contributed by atoms with Gasteiger partial charge >= 0.3 is 0 Å². The van der Waals surface area contributed by atoms with Crippen LogP contribution in [0.4, 0.5) is 5.69 Å². The second-order valence-electron chi connectivity index (χ2n) is 4.67. The van der Waals surface area contributed by atoms with Crippen LogP contribution in [0.15, 0.2) is 41.5 Å². The van der Waals surface area contributed by atoms with Crippen molar-refractivity contribution in [2.75, 3.05) is 5.73 Å². The Labute approximate surface area is 125 Å². The number of nitrogens with zero attached hydrogens (tertiary/aromatic N) is 1. The molecule has 21 heavy (non-hydrogen) atoms. The van der Waals surface area contributed by atoms with Crippen molar-refractivity contribution < 1.29 is 4.74 Å². The minimum Gasteiger partial charge on any atom is -0.454 e. The average Bonchev–Trinajstić information content (AvgIpc) is 2.44. The summed E-state index contributed by atoms with van der Waals surface area (Å²) >= 11 is 6.14. The van der Waals surface area contributed by atoms with Gasteiger partial charge in [-0.25, -0.2) is 4.98 Å². The van der Waals surface area contributed by atoms with Crippen LogP contribution in [-0.4, -0.2) is 9.97 Å². The van der Waals surface area contributed by atoms with Gasteiger partial charge < -0.3 is 15.5 Å². The fraction of sp³-hybridized carbons (Fsp3) is 0.0667. The van der Waals surface area contributed by atoms with E-state index in [1.165, 1.54) is 6.33 Å². The molecule has 3 N–H and O–H groups in total. The number of nitrogen functional groups attached to an aromatic ring is 1. The van der Waals surface area contributed by atoms with Crippen LogP contribution in [0.25, 0.3) is 10.9 Å². The van der Waals surface area contributed by atoms with Gasteiger partial charge in [0, 0.05) is 6.07 Å². The van der Waals surface area contributed by atoms with Crippen LogP contribution >= 0.6 is 11.6 Å². The van der Waals surface area contributed by atoms with E-state index in [-0.39, 0.29) is 5.56 Å². The molecule has 0 saturated heterocycles. The van der Waals surface area contributed by atoms with Gasteiger partial charge in [-0.3, -0.25) is 4.79 Å². The van der Waals surface area contributed by atoms with Crippen molar-refractivity contribution in [2.45, 2.75) is 6.92 Å². The number of nitrogens with one attached hydrogen (secondary N) is 1. The first-order valence-electron chi connectivity index (χ1n) is 6.25.